The van der Waals surface area contributed by atoms with Crippen molar-refractivity contribution in [2.24, 2.45) is 5.84 Å². The van der Waals surface area contributed by atoms with Crippen LogP contribution in [0.3, 0.4) is 0 Å². The Hall–Kier alpha value is -1.92. The van der Waals surface area contributed by atoms with Crippen LogP contribution in [0.5, 0.6) is 0 Å². The zero-order valence-electron chi connectivity index (χ0n) is 11.0. The van der Waals surface area contributed by atoms with Gasteiger partial charge in [-0.25, -0.2) is 4.39 Å². The number of benzene rings is 2. The van der Waals surface area contributed by atoms with Crippen molar-refractivity contribution < 1.29 is 17.6 Å². The van der Waals surface area contributed by atoms with E-state index in [9.17, 15) is 17.6 Å². The summed E-state index contributed by atoms with van der Waals surface area (Å²) in [6.45, 7) is 0. The number of nitrogens with two attached hydrogens (primary N) is 1. The molecule has 112 valence electrons. The van der Waals surface area contributed by atoms with E-state index in [4.69, 9.17) is 5.84 Å². The molecule has 2 nitrogen and oxygen atoms in total. The molecule has 1 unspecified atom stereocenters. The molecule has 6 heteroatoms. The number of halogens is 4. The SMILES string of the molecule is NNC(Cc1ccccc1)c1cccc(C(F)(F)F)c1F. The number of rotatable bonds is 4. The Morgan fingerprint density at radius 1 is 1.00 bits per heavy atom. The molecule has 0 bridgehead atoms. The summed E-state index contributed by atoms with van der Waals surface area (Å²) in [5, 5.41) is 0. The van der Waals surface area contributed by atoms with E-state index in [1.54, 1.807) is 24.3 Å². The average molecular weight is 298 g/mol. The van der Waals surface area contributed by atoms with Crippen molar-refractivity contribution in [3.05, 3.63) is 71.0 Å². The van der Waals surface area contributed by atoms with Crippen molar-refractivity contribution in [2.45, 2.75) is 18.6 Å². The predicted octanol–water partition coefficient (Wildman–Crippen LogP) is 3.59. The lowest BCUT2D eigenvalue weighted by molar-refractivity contribution is -0.140. The van der Waals surface area contributed by atoms with E-state index in [1.165, 1.54) is 12.1 Å². The molecule has 3 N–H and O–H groups in total. The Kier molecular flexibility index (Phi) is 4.59. The molecule has 0 aromatic heterocycles. The fourth-order valence-corrected chi connectivity index (χ4v) is 2.15. The van der Waals surface area contributed by atoms with Crippen LogP contribution in [0.1, 0.15) is 22.7 Å². The standard InChI is InChI=1S/C15H14F4N2/c16-14-11(7-4-8-12(14)15(17,18)19)13(21-20)9-10-5-2-1-3-6-10/h1-8,13,21H,9,20H2. The summed E-state index contributed by atoms with van der Waals surface area (Å²) < 4.78 is 52.3. The van der Waals surface area contributed by atoms with Crippen LogP contribution in [0.2, 0.25) is 0 Å². The molecule has 1 atom stereocenters. The Morgan fingerprint density at radius 3 is 2.24 bits per heavy atom. The fourth-order valence-electron chi connectivity index (χ4n) is 2.15. The van der Waals surface area contributed by atoms with Gasteiger partial charge in [0, 0.05) is 5.56 Å². The maximum Gasteiger partial charge on any atom is 0.419 e. The van der Waals surface area contributed by atoms with Gasteiger partial charge in [-0.1, -0.05) is 42.5 Å². The monoisotopic (exact) mass is 298 g/mol. The first-order chi connectivity index (χ1) is 9.93. The maximum atomic E-state index is 14.1. The molecule has 0 spiro atoms. The Balaban J connectivity index is 2.35. The first-order valence-corrected chi connectivity index (χ1v) is 6.29. The Labute approximate surface area is 119 Å². The lowest BCUT2D eigenvalue weighted by Gasteiger charge is -2.19. The number of hydrazine groups is 1. The average Bonchev–Trinajstić information content (AvgIpc) is 2.45. The predicted molar refractivity (Wildman–Crippen MR) is 71.6 cm³/mol. The summed E-state index contributed by atoms with van der Waals surface area (Å²) in [4.78, 5) is 0. The highest BCUT2D eigenvalue weighted by Gasteiger charge is 2.35. The van der Waals surface area contributed by atoms with E-state index in [1.807, 2.05) is 6.07 Å². The smallest absolute Gasteiger partial charge is 0.271 e. The second kappa shape index (κ2) is 6.24. The van der Waals surface area contributed by atoms with Gasteiger partial charge in [0.25, 0.3) is 0 Å². The molecule has 21 heavy (non-hydrogen) atoms. The molecule has 0 heterocycles. The largest absolute Gasteiger partial charge is 0.419 e. The zero-order chi connectivity index (χ0) is 15.5. The van der Waals surface area contributed by atoms with Gasteiger partial charge in [0.1, 0.15) is 5.82 Å². The summed E-state index contributed by atoms with van der Waals surface area (Å²) >= 11 is 0. The van der Waals surface area contributed by atoms with Gasteiger partial charge in [0.2, 0.25) is 0 Å². The van der Waals surface area contributed by atoms with Gasteiger partial charge in [0.15, 0.2) is 0 Å². The summed E-state index contributed by atoms with van der Waals surface area (Å²) in [7, 11) is 0. The molecular formula is C15H14F4N2. The topological polar surface area (TPSA) is 38.0 Å². The van der Waals surface area contributed by atoms with Crippen LogP contribution in [0.4, 0.5) is 17.6 Å². The first-order valence-electron chi connectivity index (χ1n) is 6.29. The maximum absolute atomic E-state index is 14.1. The van der Waals surface area contributed by atoms with Crippen molar-refractivity contribution in [2.75, 3.05) is 0 Å². The van der Waals surface area contributed by atoms with E-state index in [-0.39, 0.29) is 12.0 Å². The van der Waals surface area contributed by atoms with E-state index in [0.717, 1.165) is 11.6 Å². The van der Waals surface area contributed by atoms with Crippen LogP contribution >= 0.6 is 0 Å². The van der Waals surface area contributed by atoms with Gasteiger partial charge in [-0.05, 0) is 18.1 Å². The van der Waals surface area contributed by atoms with E-state index in [2.05, 4.69) is 5.43 Å². The Bertz CT molecular complexity index is 596. The molecule has 2 rings (SSSR count). The van der Waals surface area contributed by atoms with Gasteiger partial charge in [-0.2, -0.15) is 13.2 Å². The van der Waals surface area contributed by atoms with Crippen molar-refractivity contribution in [1.82, 2.24) is 5.43 Å². The van der Waals surface area contributed by atoms with E-state index >= 15 is 0 Å². The molecule has 0 aliphatic rings. The third-order valence-electron chi connectivity index (χ3n) is 3.19. The molecule has 2 aromatic carbocycles. The zero-order valence-corrected chi connectivity index (χ0v) is 11.0. The second-order valence-corrected chi connectivity index (χ2v) is 4.62. The molecule has 2 aromatic rings. The molecule has 0 aliphatic carbocycles. The van der Waals surface area contributed by atoms with Gasteiger partial charge in [0.05, 0.1) is 11.6 Å². The van der Waals surface area contributed by atoms with E-state index in [0.29, 0.717) is 0 Å². The van der Waals surface area contributed by atoms with E-state index < -0.39 is 23.6 Å². The summed E-state index contributed by atoms with van der Waals surface area (Å²) in [5.41, 5.74) is 1.84. The second-order valence-electron chi connectivity index (χ2n) is 4.62. The summed E-state index contributed by atoms with van der Waals surface area (Å²) in [6.07, 6.45) is -4.44. The minimum atomic E-state index is -4.73. The lowest BCUT2D eigenvalue weighted by atomic mass is 9.97. The number of hydrogen-bond acceptors (Lipinski definition) is 2. The highest BCUT2D eigenvalue weighted by Crippen LogP contribution is 2.34. The highest BCUT2D eigenvalue weighted by atomic mass is 19.4. The van der Waals surface area contributed by atoms with Crippen molar-refractivity contribution in [3.63, 3.8) is 0 Å². The lowest BCUT2D eigenvalue weighted by Crippen LogP contribution is -2.30. The minimum absolute atomic E-state index is 0.101. The normalized spacial score (nSPS) is 13.2. The third-order valence-corrected chi connectivity index (χ3v) is 3.19. The molecule has 0 saturated heterocycles. The number of hydrogen-bond donors (Lipinski definition) is 2. The van der Waals surface area contributed by atoms with Crippen LogP contribution in [0.15, 0.2) is 48.5 Å². The van der Waals surface area contributed by atoms with Crippen molar-refractivity contribution in [1.29, 1.82) is 0 Å². The van der Waals surface area contributed by atoms with Gasteiger partial charge in [-0.3, -0.25) is 11.3 Å². The van der Waals surface area contributed by atoms with Crippen LogP contribution in [-0.4, -0.2) is 0 Å². The summed E-state index contributed by atoms with van der Waals surface area (Å²) in [6, 6.07) is 11.5. The quantitative estimate of drug-likeness (QED) is 0.514. The van der Waals surface area contributed by atoms with Crippen LogP contribution in [0.25, 0.3) is 0 Å². The fraction of sp³-hybridized carbons (Fsp3) is 0.200. The summed E-state index contributed by atoms with van der Waals surface area (Å²) in [5.74, 6) is 4.09. The molecular weight excluding hydrogens is 284 g/mol. The van der Waals surface area contributed by atoms with Crippen LogP contribution in [0, 0.1) is 5.82 Å². The molecule has 0 saturated carbocycles. The van der Waals surface area contributed by atoms with Crippen molar-refractivity contribution >= 4 is 0 Å². The molecule has 0 amide bonds. The minimum Gasteiger partial charge on any atom is -0.271 e. The molecule has 0 fully saturated rings. The highest BCUT2D eigenvalue weighted by molar-refractivity contribution is 5.31. The third kappa shape index (κ3) is 3.59. The van der Waals surface area contributed by atoms with Gasteiger partial charge >= 0.3 is 6.18 Å². The van der Waals surface area contributed by atoms with Gasteiger partial charge < -0.3 is 0 Å². The molecule has 0 radical (unpaired) electrons. The van der Waals surface area contributed by atoms with Crippen LogP contribution < -0.4 is 11.3 Å². The van der Waals surface area contributed by atoms with Crippen LogP contribution in [-0.2, 0) is 12.6 Å². The first kappa shape index (κ1) is 15.5. The molecule has 0 aliphatic heterocycles. The number of alkyl halides is 3. The number of nitrogens with one attached hydrogen (secondary N) is 1. The van der Waals surface area contributed by atoms with Gasteiger partial charge in [-0.15, -0.1) is 0 Å². The van der Waals surface area contributed by atoms with Crippen molar-refractivity contribution in [3.8, 4) is 0 Å². The Morgan fingerprint density at radius 2 is 1.67 bits per heavy atom.